The lowest BCUT2D eigenvalue weighted by Crippen LogP contribution is -2.42. The van der Waals surface area contributed by atoms with Gasteiger partial charge in [-0.05, 0) is 54.8 Å². The van der Waals surface area contributed by atoms with E-state index in [1.54, 1.807) is 11.8 Å². The van der Waals surface area contributed by atoms with Gasteiger partial charge in [-0.25, -0.2) is 4.79 Å². The van der Waals surface area contributed by atoms with E-state index in [-0.39, 0.29) is 24.6 Å². The number of aromatic nitrogens is 1. The molecule has 2 aliphatic rings. The predicted octanol–water partition coefficient (Wildman–Crippen LogP) is 3.75. The van der Waals surface area contributed by atoms with Crippen LogP contribution in [-0.4, -0.2) is 85.9 Å². The largest absolute Gasteiger partial charge is 0.484 e. The van der Waals surface area contributed by atoms with Crippen molar-refractivity contribution in [3.8, 4) is 5.75 Å². The molecule has 0 bridgehead atoms. The van der Waals surface area contributed by atoms with E-state index in [9.17, 15) is 9.59 Å². The topological polar surface area (TPSA) is 96.1 Å². The van der Waals surface area contributed by atoms with E-state index < -0.39 is 0 Å². The van der Waals surface area contributed by atoms with Gasteiger partial charge in [-0.1, -0.05) is 23.7 Å². The summed E-state index contributed by atoms with van der Waals surface area (Å²) in [6, 6.07) is 12.9. The number of halogens is 1. The molecular formula is C28H33ClN4O5. The molecule has 1 aromatic heterocycles. The molecule has 0 spiro atoms. The summed E-state index contributed by atoms with van der Waals surface area (Å²) >= 11 is 6.28. The number of hydrogen-bond acceptors (Lipinski definition) is 6. The number of benzene rings is 2. The normalized spacial score (nSPS) is 17.7. The fourth-order valence-corrected chi connectivity index (χ4v) is 5.31. The lowest BCUT2D eigenvalue weighted by molar-refractivity contribution is -0.123. The Morgan fingerprint density at radius 2 is 1.92 bits per heavy atom. The zero-order valence-corrected chi connectivity index (χ0v) is 22.3. The number of nitrogens with one attached hydrogen (secondary N) is 2. The van der Waals surface area contributed by atoms with E-state index in [1.807, 2.05) is 42.5 Å². The Bertz CT molecular complexity index is 1270. The van der Waals surface area contributed by atoms with Crippen LogP contribution in [0.1, 0.15) is 29.8 Å². The SMILES string of the molecule is CCOC(=O)N1CCc2c([nH]c3ccc(Cl)cc23)C1c1ccc(OCC(=O)NCCN2CCOCC2)cc1. The molecule has 2 N–H and O–H groups in total. The average Bonchev–Trinajstić information content (AvgIpc) is 3.30. The van der Waals surface area contributed by atoms with Crippen LogP contribution in [0.3, 0.4) is 0 Å². The smallest absolute Gasteiger partial charge is 0.410 e. The highest BCUT2D eigenvalue weighted by Crippen LogP contribution is 2.39. The van der Waals surface area contributed by atoms with Crippen molar-refractivity contribution < 1.29 is 23.8 Å². The number of nitrogens with zero attached hydrogens (tertiary/aromatic N) is 2. The minimum absolute atomic E-state index is 0.0617. The van der Waals surface area contributed by atoms with Gasteiger partial charge in [-0.3, -0.25) is 14.6 Å². The first-order chi connectivity index (χ1) is 18.5. The van der Waals surface area contributed by atoms with E-state index in [1.165, 1.54) is 0 Å². The van der Waals surface area contributed by atoms with Gasteiger partial charge in [0.2, 0.25) is 0 Å². The van der Waals surface area contributed by atoms with Gasteiger partial charge >= 0.3 is 6.09 Å². The summed E-state index contributed by atoms with van der Waals surface area (Å²) in [5.74, 6) is 0.420. The Hall–Kier alpha value is -3.27. The molecule has 0 radical (unpaired) electrons. The van der Waals surface area contributed by atoms with Crippen LogP contribution in [0.2, 0.25) is 5.02 Å². The second kappa shape index (κ2) is 12.1. The van der Waals surface area contributed by atoms with Gasteiger partial charge in [0.15, 0.2) is 6.61 Å². The maximum Gasteiger partial charge on any atom is 0.410 e. The zero-order chi connectivity index (χ0) is 26.5. The van der Waals surface area contributed by atoms with Gasteiger partial charge in [0.05, 0.1) is 19.8 Å². The molecule has 38 heavy (non-hydrogen) atoms. The molecule has 0 saturated carbocycles. The first kappa shape index (κ1) is 26.3. The number of morpholine rings is 1. The van der Waals surface area contributed by atoms with Crippen molar-refractivity contribution in [2.24, 2.45) is 0 Å². The summed E-state index contributed by atoms with van der Waals surface area (Å²) in [4.78, 5) is 32.7. The van der Waals surface area contributed by atoms with E-state index in [0.29, 0.717) is 36.9 Å². The van der Waals surface area contributed by atoms with Crippen LogP contribution in [0.5, 0.6) is 5.75 Å². The lowest BCUT2D eigenvalue weighted by atomic mass is 9.92. The number of ether oxygens (including phenoxy) is 3. The third-order valence-electron chi connectivity index (χ3n) is 7.01. The Kier molecular flexibility index (Phi) is 8.36. The minimum Gasteiger partial charge on any atom is -0.484 e. The summed E-state index contributed by atoms with van der Waals surface area (Å²) in [7, 11) is 0. The molecule has 3 heterocycles. The molecule has 9 nitrogen and oxygen atoms in total. The first-order valence-electron chi connectivity index (χ1n) is 13.1. The van der Waals surface area contributed by atoms with Crippen molar-refractivity contribution >= 4 is 34.5 Å². The fourth-order valence-electron chi connectivity index (χ4n) is 5.13. The molecule has 1 unspecified atom stereocenters. The van der Waals surface area contributed by atoms with Crippen molar-refractivity contribution in [3.63, 3.8) is 0 Å². The monoisotopic (exact) mass is 540 g/mol. The molecular weight excluding hydrogens is 508 g/mol. The Labute approximate surface area is 227 Å². The van der Waals surface area contributed by atoms with E-state index in [0.717, 1.165) is 60.6 Å². The first-order valence-corrected chi connectivity index (χ1v) is 13.4. The third kappa shape index (κ3) is 5.90. The molecule has 1 fully saturated rings. The molecule has 0 aliphatic carbocycles. The van der Waals surface area contributed by atoms with Gasteiger partial charge in [0.1, 0.15) is 11.8 Å². The molecule has 5 rings (SSSR count). The van der Waals surface area contributed by atoms with E-state index >= 15 is 0 Å². The van der Waals surface area contributed by atoms with Crippen molar-refractivity contribution in [1.82, 2.24) is 20.1 Å². The van der Waals surface area contributed by atoms with Crippen LogP contribution in [0.4, 0.5) is 4.79 Å². The van der Waals surface area contributed by atoms with Gasteiger partial charge in [0, 0.05) is 54.3 Å². The highest BCUT2D eigenvalue weighted by molar-refractivity contribution is 6.31. The number of amides is 2. The highest BCUT2D eigenvalue weighted by atomic mass is 35.5. The maximum absolute atomic E-state index is 12.9. The van der Waals surface area contributed by atoms with Gasteiger partial charge in [-0.15, -0.1) is 0 Å². The summed E-state index contributed by atoms with van der Waals surface area (Å²) in [5, 5.41) is 4.65. The molecule has 1 saturated heterocycles. The summed E-state index contributed by atoms with van der Waals surface area (Å²) < 4.78 is 16.4. The van der Waals surface area contributed by atoms with Gasteiger partial charge < -0.3 is 24.5 Å². The number of rotatable bonds is 8. The standard InChI is InChI=1S/C28H33ClN4O5/c1-2-37-28(35)33-11-9-22-23-17-20(29)5-8-24(23)31-26(22)27(33)19-3-6-21(7-4-19)38-18-25(34)30-10-12-32-13-15-36-16-14-32/h3-8,17,27,31H,2,9-16,18H2,1H3,(H,30,34). The van der Waals surface area contributed by atoms with Crippen LogP contribution in [0.25, 0.3) is 10.9 Å². The Morgan fingerprint density at radius 3 is 2.68 bits per heavy atom. The van der Waals surface area contributed by atoms with Crippen LogP contribution in [0.15, 0.2) is 42.5 Å². The third-order valence-corrected chi connectivity index (χ3v) is 7.25. The molecule has 2 aliphatic heterocycles. The van der Waals surface area contributed by atoms with Crippen LogP contribution in [-0.2, 0) is 20.7 Å². The van der Waals surface area contributed by atoms with E-state index in [2.05, 4.69) is 15.2 Å². The van der Waals surface area contributed by atoms with Crippen molar-refractivity contribution in [3.05, 3.63) is 64.3 Å². The quantitative estimate of drug-likeness (QED) is 0.452. The second-order valence-corrected chi connectivity index (χ2v) is 9.85. The van der Waals surface area contributed by atoms with Crippen LogP contribution in [0, 0.1) is 0 Å². The summed E-state index contributed by atoms with van der Waals surface area (Å²) in [5.41, 5.74) is 4.01. The zero-order valence-electron chi connectivity index (χ0n) is 21.5. The van der Waals surface area contributed by atoms with E-state index in [4.69, 9.17) is 25.8 Å². The Morgan fingerprint density at radius 1 is 1.13 bits per heavy atom. The number of fused-ring (bicyclic) bond motifs is 3. The number of carbonyl (C=O) groups excluding carboxylic acids is 2. The second-order valence-electron chi connectivity index (χ2n) is 9.41. The average molecular weight is 541 g/mol. The number of aromatic amines is 1. The molecule has 10 heteroatoms. The van der Waals surface area contributed by atoms with Gasteiger partial charge in [-0.2, -0.15) is 0 Å². The summed E-state index contributed by atoms with van der Waals surface area (Å²) in [6.45, 7) is 7.20. The number of hydrogen-bond donors (Lipinski definition) is 2. The van der Waals surface area contributed by atoms with Crippen LogP contribution >= 0.6 is 11.6 Å². The molecule has 1 atom stereocenters. The van der Waals surface area contributed by atoms with Crippen molar-refractivity contribution in [1.29, 1.82) is 0 Å². The minimum atomic E-state index is -0.353. The number of H-pyrrole nitrogens is 1. The van der Waals surface area contributed by atoms with Gasteiger partial charge in [0.25, 0.3) is 5.91 Å². The number of carbonyl (C=O) groups is 2. The maximum atomic E-state index is 12.9. The lowest BCUT2D eigenvalue weighted by Gasteiger charge is -2.35. The highest BCUT2D eigenvalue weighted by Gasteiger charge is 2.35. The fraction of sp³-hybridized carbons (Fsp3) is 0.429. The van der Waals surface area contributed by atoms with Crippen molar-refractivity contribution in [2.75, 3.05) is 59.2 Å². The molecule has 2 aromatic carbocycles. The Balaban J connectivity index is 1.27. The molecule has 202 valence electrons. The van der Waals surface area contributed by atoms with Crippen LogP contribution < -0.4 is 10.1 Å². The summed E-state index contributed by atoms with van der Waals surface area (Å²) in [6.07, 6.45) is 0.348. The van der Waals surface area contributed by atoms with Crippen molar-refractivity contribution in [2.45, 2.75) is 19.4 Å². The molecule has 3 aromatic rings. The predicted molar refractivity (Wildman–Crippen MR) is 145 cm³/mol. The molecule has 2 amide bonds.